The number of allylic oxidation sites excluding steroid dienone is 1. The molecule has 2 unspecified atom stereocenters. The Morgan fingerprint density at radius 1 is 1.31 bits per heavy atom. The number of methoxy groups -OCH3 is 1. The number of carbonyl (C=O) groups excluding carboxylic acids is 1. The predicted octanol–water partition coefficient (Wildman–Crippen LogP) is 5.07. The fourth-order valence-electron chi connectivity index (χ4n) is 4.30. The monoisotopic (exact) mass is 512 g/mol. The number of hydrogen-bond donors (Lipinski definition) is 1. The van der Waals surface area contributed by atoms with E-state index in [-0.39, 0.29) is 39.6 Å². The van der Waals surface area contributed by atoms with E-state index in [1.165, 1.54) is 14.0 Å². The summed E-state index contributed by atoms with van der Waals surface area (Å²) in [5.41, 5.74) is -1.58. The molecule has 1 aliphatic heterocycles. The van der Waals surface area contributed by atoms with Crippen LogP contribution in [0.25, 0.3) is 6.08 Å². The number of aromatic nitrogens is 2. The molecule has 4 rings (SSSR count). The molecule has 0 spiro atoms. The molecule has 186 valence electrons. The molecule has 1 aliphatic carbocycles. The fraction of sp³-hybridized carbons (Fsp3) is 0.409. The number of fused-ring (bicyclic) bond motifs is 1. The van der Waals surface area contributed by atoms with E-state index in [1.807, 2.05) is 0 Å². The molecular weight excluding hydrogens is 493 g/mol. The number of ketones is 1. The highest BCUT2D eigenvalue weighted by Crippen LogP contribution is 2.40. The summed E-state index contributed by atoms with van der Waals surface area (Å²) in [5.74, 6) is -0.705. The van der Waals surface area contributed by atoms with Crippen molar-refractivity contribution in [1.82, 2.24) is 9.97 Å². The first-order valence-electron chi connectivity index (χ1n) is 10.6. The van der Waals surface area contributed by atoms with Gasteiger partial charge in [-0.15, -0.1) is 0 Å². The molecule has 13 heteroatoms. The Kier molecular flexibility index (Phi) is 6.69. The number of carbonyl (C=O) groups is 1. The van der Waals surface area contributed by atoms with Crippen LogP contribution < -0.4 is 5.32 Å². The zero-order valence-corrected chi connectivity index (χ0v) is 19.3. The zero-order chi connectivity index (χ0) is 25.5. The van der Waals surface area contributed by atoms with Crippen molar-refractivity contribution in [3.05, 3.63) is 61.7 Å². The van der Waals surface area contributed by atoms with Crippen LogP contribution in [0.4, 0.5) is 24.7 Å². The Morgan fingerprint density at radius 3 is 2.66 bits per heavy atom. The summed E-state index contributed by atoms with van der Waals surface area (Å²) < 4.78 is 50.9. The van der Waals surface area contributed by atoms with E-state index in [4.69, 9.17) is 21.1 Å². The number of nitrogens with zero attached hydrogens (tertiary/aromatic N) is 3. The largest absolute Gasteiger partial charge is 0.500 e. The van der Waals surface area contributed by atoms with Crippen molar-refractivity contribution in [2.75, 3.05) is 25.6 Å². The molecule has 9 nitrogen and oxygen atoms in total. The minimum Gasteiger partial charge on any atom is -0.500 e. The number of halogens is 4. The zero-order valence-electron chi connectivity index (χ0n) is 18.6. The first-order chi connectivity index (χ1) is 16.5. The second-order valence-corrected chi connectivity index (χ2v) is 8.59. The van der Waals surface area contributed by atoms with Gasteiger partial charge in [0, 0.05) is 30.7 Å². The van der Waals surface area contributed by atoms with Crippen molar-refractivity contribution in [3.63, 3.8) is 0 Å². The van der Waals surface area contributed by atoms with Gasteiger partial charge in [0.15, 0.2) is 5.78 Å². The van der Waals surface area contributed by atoms with Crippen LogP contribution in [0.3, 0.4) is 0 Å². The van der Waals surface area contributed by atoms with Crippen molar-refractivity contribution in [1.29, 1.82) is 0 Å². The van der Waals surface area contributed by atoms with Gasteiger partial charge in [-0.3, -0.25) is 14.9 Å². The Balaban J connectivity index is 1.75. The van der Waals surface area contributed by atoms with Crippen molar-refractivity contribution in [2.45, 2.75) is 25.6 Å². The average molecular weight is 513 g/mol. The lowest BCUT2D eigenvalue weighted by molar-refractivity contribution is -0.385. The Morgan fingerprint density at radius 2 is 2.06 bits per heavy atom. The summed E-state index contributed by atoms with van der Waals surface area (Å²) in [6.07, 6.45) is -2.56. The number of Topliss-reactive ketones (excluding diaryl/α,β-unsaturated/α-hetero) is 1. The molecule has 1 saturated heterocycles. The minimum absolute atomic E-state index is 0.00730. The topological polar surface area (TPSA) is 116 Å². The summed E-state index contributed by atoms with van der Waals surface area (Å²) in [7, 11) is 1.44. The number of rotatable bonds is 6. The molecule has 2 aliphatic rings. The summed E-state index contributed by atoms with van der Waals surface area (Å²) in [4.78, 5) is 32.1. The lowest BCUT2D eigenvalue weighted by atomic mass is 9.80. The first-order valence-corrected chi connectivity index (χ1v) is 11.0. The van der Waals surface area contributed by atoms with Gasteiger partial charge in [-0.2, -0.15) is 13.2 Å². The highest BCUT2D eigenvalue weighted by molar-refractivity contribution is 6.28. The third-order valence-electron chi connectivity index (χ3n) is 6.03. The van der Waals surface area contributed by atoms with Crippen LogP contribution in [0.1, 0.15) is 46.6 Å². The third-order valence-corrected chi connectivity index (χ3v) is 6.20. The van der Waals surface area contributed by atoms with Crippen molar-refractivity contribution in [2.24, 2.45) is 11.8 Å². The molecule has 1 fully saturated rings. The molecule has 1 aromatic heterocycles. The standard InChI is InChI=1S/C22H20ClF3N4O5/c1-10(12-5-13(22(24,25)26)7-14(6-12)30(32)33)27-20-18-15(28-21(23)29-20)8-16(34-2)17(19(18)31)11-3-4-35-9-11/h5-8,10-11,17H,3-4,9H2,1-2H3,(H,27,28,29)/t10?,11-,17?/m1/s1. The number of nitro groups is 1. The smallest absolute Gasteiger partial charge is 0.416 e. The predicted molar refractivity (Wildman–Crippen MR) is 119 cm³/mol. The summed E-state index contributed by atoms with van der Waals surface area (Å²) in [5, 5.41) is 13.9. The molecule has 1 N–H and O–H groups in total. The molecule has 3 atom stereocenters. The number of hydrogen-bond acceptors (Lipinski definition) is 8. The Hall–Kier alpha value is -3.25. The second kappa shape index (κ2) is 9.42. The lowest BCUT2D eigenvalue weighted by Crippen LogP contribution is -2.31. The number of ether oxygens (including phenoxy) is 2. The van der Waals surface area contributed by atoms with Gasteiger partial charge in [-0.05, 0) is 36.6 Å². The Labute approximate surface area is 202 Å². The number of non-ortho nitro benzene ring substituents is 1. The quantitative estimate of drug-likeness (QED) is 0.324. The van der Waals surface area contributed by atoms with Gasteiger partial charge >= 0.3 is 6.18 Å². The highest BCUT2D eigenvalue weighted by Gasteiger charge is 2.41. The SMILES string of the molecule is COC1=Cc2nc(Cl)nc(NC(C)c3cc([N+](=O)[O-])cc(C(F)(F)F)c3)c2C(=O)C1[C@@H]1CCOC1. The van der Waals surface area contributed by atoms with E-state index >= 15 is 0 Å². The summed E-state index contributed by atoms with van der Waals surface area (Å²) >= 11 is 6.06. The summed E-state index contributed by atoms with van der Waals surface area (Å²) in [6.45, 7) is 2.37. The number of nitro benzene ring substituents is 1. The molecule has 0 saturated carbocycles. The number of anilines is 1. The van der Waals surface area contributed by atoms with Crippen molar-refractivity contribution >= 4 is 35.0 Å². The van der Waals surface area contributed by atoms with Crippen LogP contribution in [-0.4, -0.2) is 41.0 Å². The number of nitrogens with one attached hydrogen (secondary N) is 1. The van der Waals surface area contributed by atoms with E-state index in [2.05, 4.69) is 15.3 Å². The molecular formula is C22H20ClF3N4O5. The van der Waals surface area contributed by atoms with E-state index in [0.717, 1.165) is 12.1 Å². The molecule has 35 heavy (non-hydrogen) atoms. The van der Waals surface area contributed by atoms with Crippen LogP contribution in [0.2, 0.25) is 5.28 Å². The van der Waals surface area contributed by atoms with Crippen LogP contribution in [0.5, 0.6) is 0 Å². The maximum atomic E-state index is 13.6. The van der Waals surface area contributed by atoms with Crippen molar-refractivity contribution < 1.29 is 32.4 Å². The van der Waals surface area contributed by atoms with Gasteiger partial charge < -0.3 is 14.8 Å². The van der Waals surface area contributed by atoms with Crippen LogP contribution >= 0.6 is 11.6 Å². The van der Waals surface area contributed by atoms with Gasteiger partial charge in [0.1, 0.15) is 11.6 Å². The fourth-order valence-corrected chi connectivity index (χ4v) is 4.48. The van der Waals surface area contributed by atoms with Gasteiger partial charge in [0.05, 0.1) is 47.4 Å². The highest BCUT2D eigenvalue weighted by atomic mass is 35.5. The Bertz CT molecular complexity index is 1210. The van der Waals surface area contributed by atoms with Crippen molar-refractivity contribution in [3.8, 4) is 0 Å². The van der Waals surface area contributed by atoms with E-state index in [9.17, 15) is 28.1 Å². The van der Waals surface area contributed by atoms with E-state index in [1.54, 1.807) is 6.08 Å². The molecule has 2 aromatic rings. The molecule has 2 heterocycles. The van der Waals surface area contributed by atoms with Gasteiger partial charge in [-0.25, -0.2) is 9.97 Å². The maximum absolute atomic E-state index is 13.6. The molecule has 0 bridgehead atoms. The van der Waals surface area contributed by atoms with E-state index in [0.29, 0.717) is 31.5 Å². The lowest BCUT2D eigenvalue weighted by Gasteiger charge is -2.28. The summed E-state index contributed by atoms with van der Waals surface area (Å²) in [6, 6.07) is 1.41. The molecule has 1 aromatic carbocycles. The van der Waals surface area contributed by atoms with Crippen LogP contribution in [0.15, 0.2) is 24.0 Å². The minimum atomic E-state index is -4.79. The van der Waals surface area contributed by atoms with Gasteiger partial charge in [0.2, 0.25) is 5.28 Å². The molecule has 0 amide bonds. The van der Waals surface area contributed by atoms with Crippen LogP contribution in [0, 0.1) is 22.0 Å². The van der Waals surface area contributed by atoms with Gasteiger partial charge in [-0.1, -0.05) is 0 Å². The van der Waals surface area contributed by atoms with E-state index < -0.39 is 34.3 Å². The van der Waals surface area contributed by atoms with Gasteiger partial charge in [0.25, 0.3) is 5.69 Å². The number of alkyl halides is 3. The second-order valence-electron chi connectivity index (χ2n) is 8.25. The van der Waals surface area contributed by atoms with Crippen LogP contribution in [-0.2, 0) is 15.7 Å². The average Bonchev–Trinajstić information content (AvgIpc) is 3.31. The number of benzene rings is 1. The molecule has 0 radical (unpaired) electrons. The first kappa shape index (κ1) is 24.9. The third kappa shape index (κ3) is 4.94. The maximum Gasteiger partial charge on any atom is 0.416 e. The normalized spacial score (nSPS) is 20.7.